The minimum Gasteiger partial charge on any atom is -0.504 e. The first-order valence-corrected chi connectivity index (χ1v) is 14.4. The van der Waals surface area contributed by atoms with Crippen molar-refractivity contribution in [2.24, 2.45) is 0 Å². The van der Waals surface area contributed by atoms with Gasteiger partial charge in [-0.2, -0.15) is 10.5 Å². The minimum atomic E-state index is -0.696. The second-order valence-corrected chi connectivity index (χ2v) is 10.6. The van der Waals surface area contributed by atoms with Gasteiger partial charge in [-0.05, 0) is 65.9 Å². The van der Waals surface area contributed by atoms with Crippen molar-refractivity contribution in [3.63, 3.8) is 0 Å². The third-order valence-corrected chi connectivity index (χ3v) is 7.79. The van der Waals surface area contributed by atoms with Crippen molar-refractivity contribution in [1.82, 2.24) is 20.8 Å². The average Bonchev–Trinajstić information content (AvgIpc) is 3.09. The van der Waals surface area contributed by atoms with Gasteiger partial charge in [0.05, 0.1) is 18.4 Å². The number of phenols is 1. The number of methoxy groups -OCH3 is 1. The number of phenolic OH excluding ortho intramolecular Hbond substituents is 1. The van der Waals surface area contributed by atoms with Gasteiger partial charge in [0.2, 0.25) is 0 Å². The molecule has 2 aromatic carbocycles. The molecule has 46 heavy (non-hydrogen) atoms. The summed E-state index contributed by atoms with van der Waals surface area (Å²) in [6, 6.07) is 17.1. The van der Waals surface area contributed by atoms with Crippen LogP contribution in [0.15, 0.2) is 67.0 Å². The molecule has 0 radical (unpaired) electrons. The number of halogens is 1. The summed E-state index contributed by atoms with van der Waals surface area (Å²) in [5.74, 6) is -0.647. The predicted molar refractivity (Wildman–Crippen MR) is 168 cm³/mol. The Morgan fingerprint density at radius 2 is 1.87 bits per heavy atom. The molecular formula is C34H30FN7O4. The van der Waals surface area contributed by atoms with Crippen LogP contribution in [0.5, 0.6) is 11.5 Å². The number of rotatable bonds is 9. The number of benzene rings is 2. The van der Waals surface area contributed by atoms with E-state index in [0.717, 1.165) is 24.1 Å². The Hall–Kier alpha value is -5.82. The van der Waals surface area contributed by atoms with Gasteiger partial charge in [-0.25, -0.2) is 14.9 Å². The molecule has 1 aliphatic rings. The Labute approximate surface area is 264 Å². The predicted octanol–water partition coefficient (Wildman–Crippen LogP) is 4.68. The van der Waals surface area contributed by atoms with Crippen molar-refractivity contribution in [3.05, 3.63) is 95.2 Å². The molecule has 2 aromatic heterocycles. The minimum absolute atomic E-state index is 0.0477. The van der Waals surface area contributed by atoms with Gasteiger partial charge in [-0.3, -0.25) is 15.0 Å². The fourth-order valence-corrected chi connectivity index (χ4v) is 5.36. The van der Waals surface area contributed by atoms with Crippen LogP contribution >= 0.6 is 0 Å². The Morgan fingerprint density at radius 3 is 2.52 bits per heavy atom. The van der Waals surface area contributed by atoms with Crippen molar-refractivity contribution in [2.45, 2.75) is 25.4 Å². The highest BCUT2D eigenvalue weighted by Crippen LogP contribution is 2.41. The quantitative estimate of drug-likeness (QED) is 0.117. The first-order chi connectivity index (χ1) is 22.3. The number of hydrogen-bond acceptors (Lipinski definition) is 10. The fourth-order valence-electron chi connectivity index (χ4n) is 5.36. The number of nitrogens with zero attached hydrogens (tertiary/aromatic N) is 5. The van der Waals surface area contributed by atoms with Gasteiger partial charge in [0.25, 0.3) is 5.91 Å². The normalized spacial score (nSPS) is 13.3. The van der Waals surface area contributed by atoms with Gasteiger partial charge >= 0.3 is 0 Å². The number of hydrogen-bond donors (Lipinski definition) is 4. The standard InChI is InChI=1S/C34H30FN7O4/c1-46-31-15-22(6-8-30(31)43)28-20-40-34(27(17-37)33(28)23-4-5-24(16-36)29(35)14-23)42-12-10-25(11-13-42)39-19-26-7-2-21(18-38-26)3-9-32(44)41-45/h2-9,14-15,18,20,25,39,43,45H,10-13,19H2,1H3,(H,41,44)/b9-3+. The van der Waals surface area contributed by atoms with E-state index in [-0.39, 0.29) is 28.7 Å². The van der Waals surface area contributed by atoms with Crippen LogP contribution in [0.3, 0.4) is 0 Å². The number of nitriles is 2. The smallest absolute Gasteiger partial charge is 0.267 e. The lowest BCUT2D eigenvalue weighted by Gasteiger charge is -2.34. The van der Waals surface area contributed by atoms with Gasteiger partial charge in [0.15, 0.2) is 11.5 Å². The summed E-state index contributed by atoms with van der Waals surface area (Å²) in [5.41, 5.74) is 5.30. The van der Waals surface area contributed by atoms with Crippen molar-refractivity contribution >= 4 is 17.8 Å². The fraction of sp³-hybridized carbons (Fsp3) is 0.206. The lowest BCUT2D eigenvalue weighted by molar-refractivity contribution is -0.124. The lowest BCUT2D eigenvalue weighted by Crippen LogP contribution is -2.43. The molecule has 0 atom stereocenters. The first-order valence-electron chi connectivity index (χ1n) is 14.4. The van der Waals surface area contributed by atoms with Crippen molar-refractivity contribution in [1.29, 1.82) is 10.5 Å². The molecule has 11 nitrogen and oxygen atoms in total. The molecule has 0 unspecified atom stereocenters. The zero-order valence-electron chi connectivity index (χ0n) is 24.9. The molecule has 4 N–H and O–H groups in total. The molecule has 1 fully saturated rings. The summed E-state index contributed by atoms with van der Waals surface area (Å²) >= 11 is 0. The number of amides is 1. The third kappa shape index (κ3) is 6.94. The molecule has 0 bridgehead atoms. The monoisotopic (exact) mass is 619 g/mol. The van der Waals surface area contributed by atoms with Crippen LogP contribution in [0, 0.1) is 28.5 Å². The maximum atomic E-state index is 14.8. The molecular weight excluding hydrogens is 589 g/mol. The van der Waals surface area contributed by atoms with Gasteiger partial charge in [-0.15, -0.1) is 0 Å². The first kappa shape index (κ1) is 31.6. The highest BCUT2D eigenvalue weighted by atomic mass is 19.1. The van der Waals surface area contributed by atoms with Crippen molar-refractivity contribution < 1.29 is 24.2 Å². The number of piperidine rings is 1. The van der Waals surface area contributed by atoms with Crippen LogP contribution in [0.25, 0.3) is 28.3 Å². The molecule has 1 saturated heterocycles. The number of aromatic nitrogens is 2. The highest BCUT2D eigenvalue weighted by Gasteiger charge is 2.26. The molecule has 232 valence electrons. The van der Waals surface area contributed by atoms with E-state index in [9.17, 15) is 24.8 Å². The largest absolute Gasteiger partial charge is 0.504 e. The third-order valence-electron chi connectivity index (χ3n) is 7.79. The Balaban J connectivity index is 1.37. The average molecular weight is 620 g/mol. The van der Waals surface area contributed by atoms with Crippen LogP contribution in [0.2, 0.25) is 0 Å². The van der Waals surface area contributed by atoms with E-state index in [1.165, 1.54) is 36.9 Å². The number of hydroxylamine groups is 1. The van der Waals surface area contributed by atoms with Gasteiger partial charge in [0, 0.05) is 55.3 Å². The highest BCUT2D eigenvalue weighted by molar-refractivity contribution is 5.91. The zero-order chi connectivity index (χ0) is 32.6. The molecule has 0 saturated carbocycles. The molecule has 4 aromatic rings. The summed E-state index contributed by atoms with van der Waals surface area (Å²) in [7, 11) is 1.44. The topological polar surface area (TPSA) is 167 Å². The Morgan fingerprint density at radius 1 is 1.09 bits per heavy atom. The van der Waals surface area contributed by atoms with Crippen LogP contribution in [0.4, 0.5) is 10.2 Å². The van der Waals surface area contributed by atoms with Crippen molar-refractivity contribution in [3.8, 4) is 45.9 Å². The second-order valence-electron chi connectivity index (χ2n) is 10.6. The molecule has 3 heterocycles. The SMILES string of the molecule is COc1cc(-c2cnc(N3CCC(NCc4ccc(/C=C/C(=O)NO)cn4)CC3)c(C#N)c2-c2ccc(C#N)c(F)c2)ccc1O. The number of anilines is 1. The molecule has 1 aliphatic heterocycles. The van der Waals surface area contributed by atoms with Gasteiger partial charge in [0.1, 0.15) is 29.3 Å². The van der Waals surface area contributed by atoms with Crippen LogP contribution in [0.1, 0.15) is 35.2 Å². The number of carbonyl (C=O) groups excluding carboxylic acids is 1. The number of nitrogens with one attached hydrogen (secondary N) is 2. The summed E-state index contributed by atoms with van der Waals surface area (Å²) < 4.78 is 20.1. The van der Waals surface area contributed by atoms with E-state index in [1.54, 1.807) is 36.7 Å². The van der Waals surface area contributed by atoms with Crippen LogP contribution < -0.4 is 20.4 Å². The number of pyridine rings is 2. The Bertz CT molecular complexity index is 1860. The van der Waals surface area contributed by atoms with E-state index in [4.69, 9.17) is 14.9 Å². The molecule has 0 aliphatic carbocycles. The zero-order valence-corrected chi connectivity index (χ0v) is 24.9. The van der Waals surface area contributed by atoms with Crippen molar-refractivity contribution in [2.75, 3.05) is 25.1 Å². The summed E-state index contributed by atoms with van der Waals surface area (Å²) in [6.07, 6.45) is 7.59. The van der Waals surface area contributed by atoms with Crippen LogP contribution in [-0.2, 0) is 11.3 Å². The molecule has 1 amide bonds. The molecule has 12 heteroatoms. The van der Waals surface area contributed by atoms with E-state index >= 15 is 0 Å². The van der Waals surface area contributed by atoms with E-state index in [2.05, 4.69) is 16.4 Å². The van der Waals surface area contributed by atoms with E-state index in [0.29, 0.717) is 47.7 Å². The molecule has 0 spiro atoms. The molecule has 5 rings (SSSR count). The lowest BCUT2D eigenvalue weighted by atomic mass is 9.91. The van der Waals surface area contributed by atoms with E-state index in [1.807, 2.05) is 23.1 Å². The second kappa shape index (κ2) is 14.3. The van der Waals surface area contributed by atoms with E-state index < -0.39 is 11.7 Å². The summed E-state index contributed by atoms with van der Waals surface area (Å²) in [6.45, 7) is 1.79. The summed E-state index contributed by atoms with van der Waals surface area (Å²) in [5, 5.41) is 42.0. The number of ether oxygens (including phenoxy) is 1. The summed E-state index contributed by atoms with van der Waals surface area (Å²) in [4.78, 5) is 22.3. The maximum absolute atomic E-state index is 14.8. The number of carbonyl (C=O) groups is 1. The Kier molecular flexibility index (Phi) is 9.83. The van der Waals surface area contributed by atoms with Gasteiger partial charge < -0.3 is 20.1 Å². The maximum Gasteiger partial charge on any atom is 0.267 e. The number of aromatic hydroxyl groups is 1. The van der Waals surface area contributed by atoms with Crippen LogP contribution in [-0.4, -0.2) is 52.4 Å². The van der Waals surface area contributed by atoms with Gasteiger partial charge in [-0.1, -0.05) is 18.2 Å².